The highest BCUT2D eigenvalue weighted by atomic mass is 16.4. The minimum absolute atomic E-state index is 0.0151. The molecule has 0 radical (unpaired) electrons. The number of pyridine rings is 1. The zero-order valence-corrected chi connectivity index (χ0v) is 9.11. The Hall–Kier alpha value is -2.17. The van der Waals surface area contributed by atoms with E-state index in [9.17, 15) is 9.59 Å². The summed E-state index contributed by atoms with van der Waals surface area (Å²) < 4.78 is 1.83. The molecule has 88 valence electrons. The van der Waals surface area contributed by atoms with Gasteiger partial charge in [0.2, 0.25) is 0 Å². The molecule has 1 unspecified atom stereocenters. The first-order chi connectivity index (χ1) is 8.22. The zero-order chi connectivity index (χ0) is 12.3. The fraction of sp³-hybridized carbons (Fsp3) is 0.250. The minimum Gasteiger partial charge on any atom is -0.481 e. The second-order valence-corrected chi connectivity index (χ2v) is 3.83. The molecule has 0 bridgehead atoms. The maximum absolute atomic E-state index is 11.0. The molecular weight excluding hydrogens is 220 g/mol. The molecular formula is C12H12N2O3. The van der Waals surface area contributed by atoms with Crippen LogP contribution in [0.25, 0.3) is 5.52 Å². The third-order valence-corrected chi connectivity index (χ3v) is 2.69. The molecule has 0 aromatic carbocycles. The molecule has 1 N–H and O–H groups in total. The average Bonchev–Trinajstić information content (AvgIpc) is 2.72. The predicted octanol–water partition coefficient (Wildman–Crippen LogP) is 1.17. The monoisotopic (exact) mass is 232 g/mol. The van der Waals surface area contributed by atoms with E-state index in [1.165, 1.54) is 0 Å². The normalized spacial score (nSPS) is 12.5. The Morgan fingerprint density at radius 1 is 1.53 bits per heavy atom. The van der Waals surface area contributed by atoms with E-state index in [0.717, 1.165) is 5.52 Å². The van der Waals surface area contributed by atoms with Crippen LogP contribution in [0.3, 0.4) is 0 Å². The quantitative estimate of drug-likeness (QED) is 0.785. The van der Waals surface area contributed by atoms with E-state index in [4.69, 9.17) is 5.11 Å². The molecule has 0 amide bonds. The lowest BCUT2D eigenvalue weighted by Crippen LogP contribution is -2.17. The number of carboxylic acid groups (broad SMARTS) is 1. The standard InChI is InChI=1S/C12H12N2O3/c15-6-4-9(12(16)17)7-10-11-3-1-2-5-14(11)8-13-10/h1-3,5-6,8-9H,4,7H2,(H,16,17). The average molecular weight is 232 g/mol. The SMILES string of the molecule is O=CCC(Cc1ncn2ccccc12)C(=O)O. The summed E-state index contributed by atoms with van der Waals surface area (Å²) >= 11 is 0. The molecule has 17 heavy (non-hydrogen) atoms. The van der Waals surface area contributed by atoms with Crippen LogP contribution in [0.2, 0.25) is 0 Å². The van der Waals surface area contributed by atoms with Crippen molar-refractivity contribution in [3.8, 4) is 0 Å². The highest BCUT2D eigenvalue weighted by Gasteiger charge is 2.19. The number of aldehydes is 1. The molecule has 0 spiro atoms. The molecule has 2 aromatic rings. The highest BCUT2D eigenvalue weighted by molar-refractivity contribution is 5.74. The molecule has 0 aliphatic rings. The van der Waals surface area contributed by atoms with Crippen molar-refractivity contribution in [2.45, 2.75) is 12.8 Å². The van der Waals surface area contributed by atoms with E-state index < -0.39 is 11.9 Å². The molecule has 2 rings (SSSR count). The molecule has 0 aliphatic heterocycles. The van der Waals surface area contributed by atoms with E-state index in [2.05, 4.69) is 4.98 Å². The number of carbonyl (C=O) groups excluding carboxylic acids is 1. The van der Waals surface area contributed by atoms with Crippen LogP contribution in [0.15, 0.2) is 30.7 Å². The first-order valence-corrected chi connectivity index (χ1v) is 5.29. The van der Waals surface area contributed by atoms with E-state index in [0.29, 0.717) is 12.0 Å². The van der Waals surface area contributed by atoms with Crippen LogP contribution in [-0.2, 0) is 16.0 Å². The van der Waals surface area contributed by atoms with Gasteiger partial charge in [0.1, 0.15) is 6.29 Å². The van der Waals surface area contributed by atoms with E-state index >= 15 is 0 Å². The third-order valence-electron chi connectivity index (χ3n) is 2.69. The lowest BCUT2D eigenvalue weighted by molar-refractivity contribution is -0.142. The fourth-order valence-corrected chi connectivity index (χ4v) is 1.78. The van der Waals surface area contributed by atoms with Crippen molar-refractivity contribution in [1.29, 1.82) is 0 Å². The molecule has 0 fully saturated rings. The van der Waals surface area contributed by atoms with Crippen molar-refractivity contribution in [2.75, 3.05) is 0 Å². The summed E-state index contributed by atoms with van der Waals surface area (Å²) in [5.41, 5.74) is 1.59. The van der Waals surface area contributed by atoms with Crippen LogP contribution < -0.4 is 0 Å². The summed E-state index contributed by atoms with van der Waals surface area (Å²) in [4.78, 5) is 25.6. The fourth-order valence-electron chi connectivity index (χ4n) is 1.78. The van der Waals surface area contributed by atoms with Gasteiger partial charge in [-0.2, -0.15) is 0 Å². The molecule has 5 nitrogen and oxygen atoms in total. The molecule has 2 heterocycles. The van der Waals surface area contributed by atoms with Crippen LogP contribution in [0.1, 0.15) is 12.1 Å². The van der Waals surface area contributed by atoms with Crippen molar-refractivity contribution < 1.29 is 14.7 Å². The van der Waals surface area contributed by atoms with Gasteiger partial charge in [-0.05, 0) is 12.1 Å². The first kappa shape index (κ1) is 11.3. The number of rotatable bonds is 5. The Balaban J connectivity index is 2.28. The molecule has 0 saturated carbocycles. The highest BCUT2D eigenvalue weighted by Crippen LogP contribution is 2.15. The summed E-state index contributed by atoms with van der Waals surface area (Å²) in [5.74, 6) is -1.67. The number of fused-ring (bicyclic) bond motifs is 1. The van der Waals surface area contributed by atoms with Gasteiger partial charge in [-0.25, -0.2) is 4.98 Å². The smallest absolute Gasteiger partial charge is 0.307 e. The van der Waals surface area contributed by atoms with Gasteiger partial charge in [-0.3, -0.25) is 4.79 Å². The maximum Gasteiger partial charge on any atom is 0.307 e. The Morgan fingerprint density at radius 2 is 2.35 bits per heavy atom. The van der Waals surface area contributed by atoms with Crippen molar-refractivity contribution in [3.63, 3.8) is 0 Å². The first-order valence-electron chi connectivity index (χ1n) is 5.29. The van der Waals surface area contributed by atoms with Crippen molar-refractivity contribution in [3.05, 3.63) is 36.4 Å². The number of aliphatic carboxylic acids is 1. The van der Waals surface area contributed by atoms with Crippen molar-refractivity contribution >= 4 is 17.8 Å². The minimum atomic E-state index is -0.964. The predicted molar refractivity (Wildman–Crippen MR) is 60.7 cm³/mol. The molecule has 0 saturated heterocycles. The van der Waals surface area contributed by atoms with Crippen molar-refractivity contribution in [2.24, 2.45) is 5.92 Å². The molecule has 1 atom stereocenters. The number of hydrogen-bond acceptors (Lipinski definition) is 3. The summed E-state index contributed by atoms with van der Waals surface area (Å²) in [6.45, 7) is 0. The van der Waals surface area contributed by atoms with Gasteiger partial charge >= 0.3 is 5.97 Å². The lowest BCUT2D eigenvalue weighted by atomic mass is 10.00. The third kappa shape index (κ3) is 2.33. The second kappa shape index (κ2) is 4.78. The number of nitrogens with zero attached hydrogens (tertiary/aromatic N) is 2. The number of carbonyl (C=O) groups is 2. The summed E-state index contributed by atoms with van der Waals surface area (Å²) in [6, 6.07) is 5.62. The number of aromatic nitrogens is 2. The van der Waals surface area contributed by atoms with E-state index in [1.807, 2.05) is 28.8 Å². The van der Waals surface area contributed by atoms with Gasteiger partial charge in [0, 0.05) is 19.0 Å². The zero-order valence-electron chi connectivity index (χ0n) is 9.11. The topological polar surface area (TPSA) is 71.7 Å². The van der Waals surface area contributed by atoms with Crippen LogP contribution >= 0.6 is 0 Å². The van der Waals surface area contributed by atoms with Gasteiger partial charge in [0.25, 0.3) is 0 Å². The largest absolute Gasteiger partial charge is 0.481 e. The van der Waals surface area contributed by atoms with Gasteiger partial charge < -0.3 is 14.3 Å². The summed E-state index contributed by atoms with van der Waals surface area (Å²) in [5, 5.41) is 8.98. The number of carboxylic acids is 1. The molecule has 5 heteroatoms. The molecule has 0 aliphatic carbocycles. The van der Waals surface area contributed by atoms with E-state index in [-0.39, 0.29) is 12.8 Å². The van der Waals surface area contributed by atoms with Gasteiger partial charge in [0.05, 0.1) is 23.5 Å². The van der Waals surface area contributed by atoms with Crippen LogP contribution in [-0.4, -0.2) is 26.7 Å². The maximum atomic E-state index is 11.0. The second-order valence-electron chi connectivity index (χ2n) is 3.83. The van der Waals surface area contributed by atoms with Crippen LogP contribution in [0, 0.1) is 5.92 Å². The van der Waals surface area contributed by atoms with Gasteiger partial charge in [0.15, 0.2) is 0 Å². The van der Waals surface area contributed by atoms with Crippen molar-refractivity contribution in [1.82, 2.24) is 9.38 Å². The van der Waals surface area contributed by atoms with Crippen LogP contribution in [0.4, 0.5) is 0 Å². The van der Waals surface area contributed by atoms with E-state index in [1.54, 1.807) is 6.33 Å². The number of hydrogen-bond donors (Lipinski definition) is 1. The summed E-state index contributed by atoms with van der Waals surface area (Å²) in [7, 11) is 0. The van der Waals surface area contributed by atoms with Crippen LogP contribution in [0.5, 0.6) is 0 Å². The Morgan fingerprint density at radius 3 is 3.06 bits per heavy atom. The van der Waals surface area contributed by atoms with Gasteiger partial charge in [-0.15, -0.1) is 0 Å². The summed E-state index contributed by atoms with van der Waals surface area (Å²) in [6.07, 6.45) is 4.42. The number of imidazole rings is 1. The Kier molecular flexibility index (Phi) is 3.18. The molecule has 2 aromatic heterocycles. The lowest BCUT2D eigenvalue weighted by Gasteiger charge is -2.06. The van der Waals surface area contributed by atoms with Gasteiger partial charge in [-0.1, -0.05) is 6.07 Å². The Labute approximate surface area is 97.7 Å². The Bertz CT molecular complexity index is 547.